The van der Waals surface area contributed by atoms with Gasteiger partial charge in [0, 0.05) is 17.9 Å². The maximum absolute atomic E-state index is 6.14. The Balaban J connectivity index is 2.15. The third-order valence-electron chi connectivity index (χ3n) is 4.00. The van der Waals surface area contributed by atoms with Gasteiger partial charge in [0.2, 0.25) is 0 Å². The molecule has 0 saturated heterocycles. The van der Waals surface area contributed by atoms with Gasteiger partial charge in [-0.3, -0.25) is 0 Å². The summed E-state index contributed by atoms with van der Waals surface area (Å²) in [4.78, 5) is 0. The molecule has 1 fully saturated rings. The van der Waals surface area contributed by atoms with Gasteiger partial charge in [0.05, 0.1) is 16.1 Å². The smallest absolute Gasteiger partial charge is 0.135 e. The third kappa shape index (κ3) is 2.78. The van der Waals surface area contributed by atoms with Crippen LogP contribution in [0, 0.1) is 5.41 Å². The van der Waals surface area contributed by atoms with E-state index in [1.165, 1.54) is 0 Å². The second kappa shape index (κ2) is 5.62. The second-order valence-corrected chi connectivity index (χ2v) is 7.13. The van der Waals surface area contributed by atoms with Gasteiger partial charge in [0.25, 0.3) is 0 Å². The van der Waals surface area contributed by atoms with Crippen LogP contribution in [0.3, 0.4) is 0 Å². The van der Waals surface area contributed by atoms with E-state index in [0.717, 1.165) is 26.9 Å². The maximum Gasteiger partial charge on any atom is 0.135 e. The van der Waals surface area contributed by atoms with E-state index in [-0.39, 0.29) is 11.5 Å². The molecule has 1 aliphatic carbocycles. The minimum atomic E-state index is 0.139. The van der Waals surface area contributed by atoms with Crippen molar-refractivity contribution in [2.45, 2.75) is 32.4 Å². The second-order valence-electron chi connectivity index (χ2n) is 5.42. The zero-order valence-corrected chi connectivity index (χ0v) is 14.8. The highest BCUT2D eigenvalue weighted by Crippen LogP contribution is 2.45. The SMILES string of the molecule is CNC1CC(Oc2cc(Br)c(OC)cc2Br)C1(C)C. The summed E-state index contributed by atoms with van der Waals surface area (Å²) in [6.07, 6.45) is 1.25. The van der Waals surface area contributed by atoms with E-state index in [1.54, 1.807) is 7.11 Å². The first kappa shape index (κ1) is 15.1. The molecule has 1 saturated carbocycles. The molecule has 0 radical (unpaired) electrons. The molecule has 0 heterocycles. The number of nitrogens with one attached hydrogen (secondary N) is 1. The summed E-state index contributed by atoms with van der Waals surface area (Å²) in [5.41, 5.74) is 0.139. The fourth-order valence-electron chi connectivity index (χ4n) is 2.49. The van der Waals surface area contributed by atoms with E-state index < -0.39 is 0 Å². The fourth-order valence-corrected chi connectivity index (χ4v) is 3.39. The predicted molar refractivity (Wildman–Crippen MR) is 84.1 cm³/mol. The van der Waals surface area contributed by atoms with Crippen LogP contribution in [-0.4, -0.2) is 26.3 Å². The van der Waals surface area contributed by atoms with Crippen LogP contribution in [-0.2, 0) is 0 Å². The fraction of sp³-hybridized carbons (Fsp3) is 0.571. The number of halogens is 2. The number of hydrogen-bond donors (Lipinski definition) is 1. The predicted octanol–water partition coefficient (Wildman–Crippen LogP) is 3.99. The molecule has 0 spiro atoms. The Morgan fingerprint density at radius 2 is 1.79 bits per heavy atom. The van der Waals surface area contributed by atoms with E-state index in [2.05, 4.69) is 51.0 Å². The molecule has 1 aliphatic rings. The van der Waals surface area contributed by atoms with Crippen LogP contribution in [0.25, 0.3) is 0 Å². The first-order valence-corrected chi connectivity index (χ1v) is 7.85. The van der Waals surface area contributed by atoms with E-state index in [9.17, 15) is 0 Å². The van der Waals surface area contributed by atoms with Crippen molar-refractivity contribution < 1.29 is 9.47 Å². The maximum atomic E-state index is 6.14. The van der Waals surface area contributed by atoms with Gasteiger partial charge in [0.1, 0.15) is 17.6 Å². The summed E-state index contributed by atoms with van der Waals surface area (Å²) < 4.78 is 13.2. The molecule has 2 rings (SSSR count). The first-order chi connectivity index (χ1) is 8.90. The van der Waals surface area contributed by atoms with Crippen molar-refractivity contribution in [2.24, 2.45) is 5.41 Å². The van der Waals surface area contributed by atoms with Crippen LogP contribution in [0.5, 0.6) is 11.5 Å². The summed E-state index contributed by atoms with van der Waals surface area (Å²) >= 11 is 7.02. The first-order valence-electron chi connectivity index (χ1n) is 6.27. The highest BCUT2D eigenvalue weighted by atomic mass is 79.9. The molecule has 1 aromatic rings. The van der Waals surface area contributed by atoms with Crippen LogP contribution in [0.1, 0.15) is 20.3 Å². The molecular formula is C14H19Br2NO2. The van der Waals surface area contributed by atoms with Crippen LogP contribution in [0.15, 0.2) is 21.1 Å². The van der Waals surface area contributed by atoms with Crippen LogP contribution in [0.4, 0.5) is 0 Å². The standard InChI is InChI=1S/C14H19Br2NO2/c1-14(2)12(17-3)7-13(14)19-11-6-8(15)10(18-4)5-9(11)16/h5-6,12-13,17H,7H2,1-4H3. The van der Waals surface area contributed by atoms with Gasteiger partial charge >= 0.3 is 0 Å². The monoisotopic (exact) mass is 391 g/mol. The van der Waals surface area contributed by atoms with E-state index in [0.29, 0.717) is 6.04 Å². The molecule has 19 heavy (non-hydrogen) atoms. The van der Waals surface area contributed by atoms with Gasteiger partial charge in [-0.15, -0.1) is 0 Å². The molecule has 2 unspecified atom stereocenters. The lowest BCUT2D eigenvalue weighted by Gasteiger charge is -2.51. The van der Waals surface area contributed by atoms with E-state index in [4.69, 9.17) is 9.47 Å². The lowest BCUT2D eigenvalue weighted by atomic mass is 9.64. The lowest BCUT2D eigenvalue weighted by molar-refractivity contribution is -0.0525. The average molecular weight is 393 g/mol. The Labute approximate surface area is 131 Å². The number of methoxy groups -OCH3 is 1. The highest BCUT2D eigenvalue weighted by Gasteiger charge is 2.49. The van der Waals surface area contributed by atoms with Gasteiger partial charge in [0.15, 0.2) is 0 Å². The summed E-state index contributed by atoms with van der Waals surface area (Å²) in [5, 5.41) is 3.33. The number of rotatable bonds is 4. The number of benzene rings is 1. The van der Waals surface area contributed by atoms with Gasteiger partial charge < -0.3 is 14.8 Å². The topological polar surface area (TPSA) is 30.5 Å². The van der Waals surface area contributed by atoms with Crippen LogP contribution in [0.2, 0.25) is 0 Å². The zero-order chi connectivity index (χ0) is 14.2. The van der Waals surface area contributed by atoms with Gasteiger partial charge in [-0.05, 0) is 51.0 Å². The molecular weight excluding hydrogens is 374 g/mol. The lowest BCUT2D eigenvalue weighted by Crippen LogP contribution is -2.61. The van der Waals surface area contributed by atoms with E-state index in [1.807, 2.05) is 19.2 Å². The number of ether oxygens (including phenoxy) is 2. The molecule has 3 nitrogen and oxygen atoms in total. The van der Waals surface area contributed by atoms with Crippen molar-refractivity contribution in [3.8, 4) is 11.5 Å². The number of hydrogen-bond acceptors (Lipinski definition) is 3. The van der Waals surface area contributed by atoms with Crippen molar-refractivity contribution in [3.05, 3.63) is 21.1 Å². The molecule has 0 amide bonds. The summed E-state index contributed by atoms with van der Waals surface area (Å²) in [6.45, 7) is 4.46. The van der Waals surface area contributed by atoms with Crippen molar-refractivity contribution in [1.29, 1.82) is 0 Å². The highest BCUT2D eigenvalue weighted by molar-refractivity contribution is 9.11. The quantitative estimate of drug-likeness (QED) is 0.840. The molecule has 5 heteroatoms. The van der Waals surface area contributed by atoms with Crippen LogP contribution < -0.4 is 14.8 Å². The Kier molecular flexibility index (Phi) is 4.48. The molecule has 0 aromatic heterocycles. The van der Waals surface area contributed by atoms with Crippen LogP contribution >= 0.6 is 31.9 Å². The Morgan fingerprint density at radius 3 is 2.32 bits per heavy atom. The van der Waals surface area contributed by atoms with Crippen molar-refractivity contribution >= 4 is 31.9 Å². The Bertz CT molecular complexity index is 477. The molecule has 1 aromatic carbocycles. The normalized spacial score (nSPS) is 24.7. The molecule has 0 aliphatic heterocycles. The molecule has 1 N–H and O–H groups in total. The summed E-state index contributed by atoms with van der Waals surface area (Å²) in [7, 11) is 3.65. The average Bonchev–Trinajstić information content (AvgIpc) is 2.37. The van der Waals surface area contributed by atoms with Gasteiger partial charge in [-0.25, -0.2) is 0 Å². The van der Waals surface area contributed by atoms with E-state index >= 15 is 0 Å². The van der Waals surface area contributed by atoms with Crippen molar-refractivity contribution in [3.63, 3.8) is 0 Å². The molecule has 106 valence electrons. The minimum Gasteiger partial charge on any atom is -0.496 e. The van der Waals surface area contributed by atoms with Crippen molar-refractivity contribution in [2.75, 3.05) is 14.2 Å². The van der Waals surface area contributed by atoms with Crippen molar-refractivity contribution in [1.82, 2.24) is 5.32 Å². The van der Waals surface area contributed by atoms with Gasteiger partial charge in [-0.1, -0.05) is 13.8 Å². The van der Waals surface area contributed by atoms with Gasteiger partial charge in [-0.2, -0.15) is 0 Å². The summed E-state index contributed by atoms with van der Waals surface area (Å²) in [6, 6.07) is 4.38. The minimum absolute atomic E-state index is 0.139. The largest absolute Gasteiger partial charge is 0.496 e. The Morgan fingerprint density at radius 1 is 1.21 bits per heavy atom. The molecule has 2 atom stereocenters. The zero-order valence-electron chi connectivity index (χ0n) is 11.6. The Hall–Kier alpha value is -0.260. The third-order valence-corrected chi connectivity index (χ3v) is 5.24. The summed E-state index contributed by atoms with van der Waals surface area (Å²) in [5.74, 6) is 1.64. The molecule has 0 bridgehead atoms.